The summed E-state index contributed by atoms with van der Waals surface area (Å²) in [5, 5.41) is 0. The van der Waals surface area contributed by atoms with Crippen molar-refractivity contribution in [2.45, 2.75) is 32.5 Å². The first-order chi connectivity index (χ1) is 8.17. The Hall–Kier alpha value is -0.520. The second-order valence-corrected chi connectivity index (χ2v) is 5.42. The Kier molecular flexibility index (Phi) is 6.62. The fourth-order valence-electron chi connectivity index (χ4n) is 1.68. The van der Waals surface area contributed by atoms with Crippen LogP contribution in [0.5, 0.6) is 0 Å². The third-order valence-electron chi connectivity index (χ3n) is 2.98. The van der Waals surface area contributed by atoms with Crippen LogP contribution < -0.4 is 5.73 Å². The number of hydrogen-bond donors (Lipinski definition) is 1. The Morgan fingerprint density at radius 3 is 3.00 bits per heavy atom. The molecular formula is C12H24N4S. The number of imidazole rings is 1. The number of hydrogen-bond acceptors (Lipinski definition) is 4. The van der Waals surface area contributed by atoms with E-state index < -0.39 is 0 Å². The molecule has 1 unspecified atom stereocenters. The quantitative estimate of drug-likeness (QED) is 0.764. The van der Waals surface area contributed by atoms with E-state index in [2.05, 4.69) is 40.9 Å². The summed E-state index contributed by atoms with van der Waals surface area (Å²) in [7, 11) is 2.16. The molecule has 0 saturated heterocycles. The minimum Gasteiger partial charge on any atom is -0.336 e. The van der Waals surface area contributed by atoms with Crippen LogP contribution in [0.4, 0.5) is 0 Å². The summed E-state index contributed by atoms with van der Waals surface area (Å²) in [6.07, 6.45) is 7.33. The Labute approximate surface area is 109 Å². The predicted molar refractivity (Wildman–Crippen MR) is 75.2 cm³/mol. The van der Waals surface area contributed by atoms with Crippen LogP contribution in [0.15, 0.2) is 12.5 Å². The lowest BCUT2D eigenvalue weighted by atomic mass is 10.2. The van der Waals surface area contributed by atoms with Gasteiger partial charge in [0.25, 0.3) is 0 Å². The first-order valence-electron chi connectivity index (χ1n) is 6.07. The summed E-state index contributed by atoms with van der Waals surface area (Å²) in [6.45, 7) is 4.69. The zero-order chi connectivity index (χ0) is 12.7. The molecule has 0 aliphatic heterocycles. The minimum absolute atomic E-state index is 0.599. The van der Waals surface area contributed by atoms with Gasteiger partial charge in [-0.1, -0.05) is 0 Å². The van der Waals surface area contributed by atoms with Crippen LogP contribution in [0, 0.1) is 0 Å². The van der Waals surface area contributed by atoms with Gasteiger partial charge in [-0.15, -0.1) is 0 Å². The Bertz CT molecular complexity index is 313. The van der Waals surface area contributed by atoms with E-state index in [4.69, 9.17) is 5.73 Å². The predicted octanol–water partition coefficient (Wildman–Crippen LogP) is 1.42. The van der Waals surface area contributed by atoms with Gasteiger partial charge in [0.15, 0.2) is 0 Å². The van der Waals surface area contributed by atoms with Crippen molar-refractivity contribution in [1.82, 2.24) is 14.5 Å². The van der Waals surface area contributed by atoms with Crippen LogP contribution in [-0.2, 0) is 13.1 Å². The molecule has 98 valence electrons. The largest absolute Gasteiger partial charge is 0.336 e. The Balaban J connectivity index is 2.40. The molecule has 0 radical (unpaired) electrons. The molecule has 1 aromatic rings. The lowest BCUT2D eigenvalue weighted by molar-refractivity contribution is 0.242. The summed E-state index contributed by atoms with van der Waals surface area (Å²) >= 11 is 1.90. The van der Waals surface area contributed by atoms with E-state index in [9.17, 15) is 0 Å². The average molecular weight is 256 g/mol. The second kappa shape index (κ2) is 7.74. The van der Waals surface area contributed by atoms with Gasteiger partial charge in [0, 0.05) is 31.9 Å². The molecule has 1 rings (SSSR count). The Morgan fingerprint density at radius 1 is 1.59 bits per heavy atom. The van der Waals surface area contributed by atoms with E-state index in [-0.39, 0.29) is 0 Å². The molecule has 2 N–H and O–H groups in total. The summed E-state index contributed by atoms with van der Waals surface area (Å²) in [5.74, 6) is 1.22. The van der Waals surface area contributed by atoms with E-state index in [0.717, 1.165) is 18.8 Å². The van der Waals surface area contributed by atoms with Crippen molar-refractivity contribution < 1.29 is 0 Å². The van der Waals surface area contributed by atoms with Crippen LogP contribution in [-0.4, -0.2) is 46.1 Å². The van der Waals surface area contributed by atoms with Gasteiger partial charge in [-0.2, -0.15) is 11.8 Å². The number of rotatable bonds is 8. The van der Waals surface area contributed by atoms with Crippen LogP contribution >= 0.6 is 11.8 Å². The molecule has 0 bridgehead atoms. The lowest BCUT2D eigenvalue weighted by Gasteiger charge is -2.23. The van der Waals surface area contributed by atoms with Crippen LogP contribution in [0.1, 0.15) is 19.0 Å². The van der Waals surface area contributed by atoms with E-state index in [1.165, 1.54) is 12.2 Å². The Morgan fingerprint density at radius 2 is 2.35 bits per heavy atom. The smallest absolute Gasteiger partial charge is 0.0950 e. The fourth-order valence-corrected chi connectivity index (χ4v) is 2.26. The monoisotopic (exact) mass is 256 g/mol. The van der Waals surface area contributed by atoms with E-state index in [1.807, 2.05) is 18.1 Å². The first-order valence-corrected chi connectivity index (χ1v) is 7.46. The minimum atomic E-state index is 0.599. The maximum Gasteiger partial charge on any atom is 0.0950 e. The van der Waals surface area contributed by atoms with Crippen molar-refractivity contribution in [3.05, 3.63) is 18.2 Å². The summed E-state index contributed by atoms with van der Waals surface area (Å²) in [6, 6.07) is 0.599. The van der Waals surface area contributed by atoms with E-state index in [1.54, 1.807) is 0 Å². The van der Waals surface area contributed by atoms with Crippen molar-refractivity contribution in [3.63, 3.8) is 0 Å². The molecular weight excluding hydrogens is 232 g/mol. The van der Waals surface area contributed by atoms with Crippen LogP contribution in [0.2, 0.25) is 0 Å². The van der Waals surface area contributed by atoms with Gasteiger partial charge in [-0.05, 0) is 32.4 Å². The summed E-state index contributed by atoms with van der Waals surface area (Å²) in [4.78, 5) is 6.75. The summed E-state index contributed by atoms with van der Waals surface area (Å²) in [5.41, 5.74) is 6.63. The number of nitrogens with two attached hydrogens (primary N) is 1. The lowest BCUT2D eigenvalue weighted by Crippen LogP contribution is -2.29. The molecule has 1 aromatic heterocycles. The first kappa shape index (κ1) is 14.5. The second-order valence-electron chi connectivity index (χ2n) is 4.44. The topological polar surface area (TPSA) is 47.1 Å². The van der Waals surface area contributed by atoms with Crippen molar-refractivity contribution in [3.8, 4) is 0 Å². The maximum absolute atomic E-state index is 5.51. The number of thioether (sulfide) groups is 1. The maximum atomic E-state index is 5.51. The van der Waals surface area contributed by atoms with Crippen molar-refractivity contribution in [2.24, 2.45) is 5.73 Å². The van der Waals surface area contributed by atoms with Gasteiger partial charge in [0.05, 0.1) is 12.0 Å². The van der Waals surface area contributed by atoms with Gasteiger partial charge in [0.1, 0.15) is 0 Å². The highest BCUT2D eigenvalue weighted by Crippen LogP contribution is 2.09. The van der Waals surface area contributed by atoms with E-state index >= 15 is 0 Å². The molecule has 0 spiro atoms. The zero-order valence-corrected chi connectivity index (χ0v) is 11.9. The molecule has 4 nitrogen and oxygen atoms in total. The van der Waals surface area contributed by atoms with Crippen molar-refractivity contribution >= 4 is 11.8 Å². The summed E-state index contributed by atoms with van der Waals surface area (Å²) < 4.78 is 2.05. The molecule has 1 atom stereocenters. The third kappa shape index (κ3) is 5.10. The SMILES string of the molecule is CSCCC(C)N(C)Cc1cn(CCN)cn1. The highest BCUT2D eigenvalue weighted by molar-refractivity contribution is 7.98. The molecule has 0 fully saturated rings. The highest BCUT2D eigenvalue weighted by atomic mass is 32.2. The van der Waals surface area contributed by atoms with Gasteiger partial charge in [-0.25, -0.2) is 4.98 Å². The average Bonchev–Trinajstić information content (AvgIpc) is 2.74. The molecule has 0 amide bonds. The molecule has 0 aliphatic carbocycles. The van der Waals surface area contributed by atoms with Gasteiger partial charge < -0.3 is 10.3 Å². The molecule has 0 saturated carbocycles. The molecule has 5 heteroatoms. The van der Waals surface area contributed by atoms with Gasteiger partial charge >= 0.3 is 0 Å². The number of nitrogens with zero attached hydrogens (tertiary/aromatic N) is 3. The molecule has 1 heterocycles. The highest BCUT2D eigenvalue weighted by Gasteiger charge is 2.10. The fraction of sp³-hybridized carbons (Fsp3) is 0.750. The van der Waals surface area contributed by atoms with Gasteiger partial charge in [-0.3, -0.25) is 4.90 Å². The van der Waals surface area contributed by atoms with Crippen LogP contribution in [0.3, 0.4) is 0 Å². The van der Waals surface area contributed by atoms with Crippen molar-refractivity contribution in [2.75, 3.05) is 25.6 Å². The molecule has 17 heavy (non-hydrogen) atoms. The van der Waals surface area contributed by atoms with Crippen molar-refractivity contribution in [1.29, 1.82) is 0 Å². The molecule has 0 aliphatic rings. The third-order valence-corrected chi connectivity index (χ3v) is 3.62. The van der Waals surface area contributed by atoms with Crippen LogP contribution in [0.25, 0.3) is 0 Å². The zero-order valence-electron chi connectivity index (χ0n) is 11.1. The standard InChI is InChI=1S/C12H24N4S/c1-11(4-7-17-3)15(2)8-12-9-16(6-5-13)10-14-12/h9-11H,4-8,13H2,1-3H3. The number of aromatic nitrogens is 2. The van der Waals surface area contributed by atoms with Gasteiger partial charge in [0.2, 0.25) is 0 Å². The molecule has 0 aromatic carbocycles. The normalized spacial score (nSPS) is 13.2. The van der Waals surface area contributed by atoms with E-state index in [0.29, 0.717) is 12.6 Å².